The molecule has 2 N–H and O–H groups in total. The normalized spacial score (nSPS) is 11.4. The Balaban J connectivity index is 1.82. The molecule has 0 aliphatic carbocycles. The van der Waals surface area contributed by atoms with E-state index in [4.69, 9.17) is 4.74 Å². The minimum Gasteiger partial charge on any atom is -0.487 e. The number of aromatic nitrogens is 1. The Morgan fingerprint density at radius 3 is 2.57 bits per heavy atom. The van der Waals surface area contributed by atoms with Crippen LogP contribution in [0.15, 0.2) is 53.7 Å². The Hall–Kier alpha value is -2.56. The molecule has 0 radical (unpaired) electrons. The summed E-state index contributed by atoms with van der Waals surface area (Å²) in [6, 6.07) is 14.2. The van der Waals surface area contributed by atoms with Crippen LogP contribution in [0, 0.1) is 0 Å². The van der Waals surface area contributed by atoms with Gasteiger partial charge in [0.1, 0.15) is 12.4 Å². The molecule has 5 nitrogen and oxygen atoms in total. The third-order valence-electron chi connectivity index (χ3n) is 3.15. The highest BCUT2D eigenvalue weighted by molar-refractivity contribution is 5.79. The number of rotatable bonds is 6. The maximum Gasteiger partial charge on any atom is 0.191 e. The van der Waals surface area contributed by atoms with E-state index < -0.39 is 0 Å². The SMILES string of the molecule is CN=C(NCc1ccc(OCc2ccccn2)cc1)NC(C)C. The molecule has 0 atom stereocenters. The van der Waals surface area contributed by atoms with Gasteiger partial charge >= 0.3 is 0 Å². The van der Waals surface area contributed by atoms with E-state index in [9.17, 15) is 0 Å². The quantitative estimate of drug-likeness (QED) is 0.636. The number of ether oxygens (including phenoxy) is 1. The van der Waals surface area contributed by atoms with E-state index in [2.05, 4.69) is 34.5 Å². The highest BCUT2D eigenvalue weighted by Gasteiger charge is 2.01. The first-order chi connectivity index (χ1) is 11.2. The maximum atomic E-state index is 5.73. The van der Waals surface area contributed by atoms with Gasteiger partial charge in [-0.3, -0.25) is 9.98 Å². The molecule has 0 saturated heterocycles. The highest BCUT2D eigenvalue weighted by atomic mass is 16.5. The first-order valence-corrected chi connectivity index (χ1v) is 7.76. The van der Waals surface area contributed by atoms with Crippen molar-refractivity contribution >= 4 is 5.96 Å². The summed E-state index contributed by atoms with van der Waals surface area (Å²) in [7, 11) is 1.77. The summed E-state index contributed by atoms with van der Waals surface area (Å²) in [6.07, 6.45) is 1.77. The number of nitrogens with zero attached hydrogens (tertiary/aromatic N) is 2. The number of benzene rings is 1. The first-order valence-electron chi connectivity index (χ1n) is 7.76. The second kappa shape index (κ2) is 8.78. The number of guanidine groups is 1. The summed E-state index contributed by atoms with van der Waals surface area (Å²) < 4.78 is 5.73. The predicted octanol–water partition coefficient (Wildman–Crippen LogP) is 2.73. The average Bonchev–Trinajstić information content (AvgIpc) is 2.58. The van der Waals surface area contributed by atoms with Crippen LogP contribution >= 0.6 is 0 Å². The number of hydrogen-bond donors (Lipinski definition) is 2. The third-order valence-corrected chi connectivity index (χ3v) is 3.15. The Morgan fingerprint density at radius 1 is 1.17 bits per heavy atom. The van der Waals surface area contributed by atoms with E-state index >= 15 is 0 Å². The largest absolute Gasteiger partial charge is 0.487 e. The minimum absolute atomic E-state index is 0.351. The molecule has 0 unspecified atom stereocenters. The van der Waals surface area contributed by atoms with Gasteiger partial charge in [0.05, 0.1) is 5.69 Å². The van der Waals surface area contributed by atoms with Gasteiger partial charge in [-0.25, -0.2) is 0 Å². The molecule has 0 amide bonds. The van der Waals surface area contributed by atoms with E-state index in [1.165, 1.54) is 5.56 Å². The maximum absolute atomic E-state index is 5.73. The topological polar surface area (TPSA) is 58.5 Å². The van der Waals surface area contributed by atoms with Gasteiger partial charge in [0.2, 0.25) is 0 Å². The smallest absolute Gasteiger partial charge is 0.191 e. The fourth-order valence-corrected chi connectivity index (χ4v) is 2.00. The zero-order chi connectivity index (χ0) is 16.5. The monoisotopic (exact) mass is 312 g/mol. The Bertz CT molecular complexity index is 609. The van der Waals surface area contributed by atoms with Gasteiger partial charge in [0.15, 0.2) is 5.96 Å². The summed E-state index contributed by atoms with van der Waals surface area (Å²) in [6.45, 7) is 5.36. The van der Waals surface area contributed by atoms with Crippen LogP contribution in [-0.4, -0.2) is 24.0 Å². The molecule has 2 rings (SSSR count). The third kappa shape index (κ3) is 5.98. The van der Waals surface area contributed by atoms with Crippen LogP contribution in [0.1, 0.15) is 25.1 Å². The molecule has 1 heterocycles. The Morgan fingerprint density at radius 2 is 1.96 bits per heavy atom. The van der Waals surface area contributed by atoms with Crippen LogP contribution in [0.25, 0.3) is 0 Å². The molecule has 0 saturated carbocycles. The van der Waals surface area contributed by atoms with E-state index in [1.807, 2.05) is 42.5 Å². The van der Waals surface area contributed by atoms with Crippen molar-refractivity contribution in [1.29, 1.82) is 0 Å². The molecule has 1 aromatic carbocycles. The van der Waals surface area contributed by atoms with Gasteiger partial charge in [-0.15, -0.1) is 0 Å². The molecule has 0 fully saturated rings. The number of aliphatic imine (C=N–C) groups is 1. The molecule has 0 aliphatic heterocycles. The second-order valence-electron chi connectivity index (χ2n) is 5.48. The molecule has 122 valence electrons. The summed E-state index contributed by atoms with van der Waals surface area (Å²) in [5.74, 6) is 1.64. The van der Waals surface area contributed by atoms with E-state index in [0.29, 0.717) is 19.2 Å². The highest BCUT2D eigenvalue weighted by Crippen LogP contribution is 2.13. The van der Waals surface area contributed by atoms with Crippen molar-refractivity contribution in [2.45, 2.75) is 33.0 Å². The van der Waals surface area contributed by atoms with Gasteiger partial charge in [0, 0.05) is 25.8 Å². The lowest BCUT2D eigenvalue weighted by Crippen LogP contribution is -2.40. The fraction of sp³-hybridized carbons (Fsp3) is 0.333. The summed E-state index contributed by atoms with van der Waals surface area (Å²) in [5, 5.41) is 6.54. The van der Waals surface area contributed by atoms with Crippen molar-refractivity contribution < 1.29 is 4.74 Å². The van der Waals surface area contributed by atoms with Crippen molar-refractivity contribution in [1.82, 2.24) is 15.6 Å². The van der Waals surface area contributed by atoms with Gasteiger partial charge in [-0.1, -0.05) is 18.2 Å². The standard InChI is InChI=1S/C18H24N4O/c1-14(2)22-18(19-3)21-12-15-7-9-17(10-8-15)23-13-16-6-4-5-11-20-16/h4-11,14H,12-13H2,1-3H3,(H2,19,21,22). The molecule has 23 heavy (non-hydrogen) atoms. The van der Waals surface area contributed by atoms with Crippen molar-refractivity contribution in [2.75, 3.05) is 7.05 Å². The van der Waals surface area contributed by atoms with Gasteiger partial charge in [-0.2, -0.15) is 0 Å². The molecule has 2 aromatic rings. The second-order valence-corrected chi connectivity index (χ2v) is 5.48. The molecule has 0 bridgehead atoms. The zero-order valence-corrected chi connectivity index (χ0v) is 13.9. The molecular formula is C18H24N4O. The van der Waals surface area contributed by atoms with Crippen molar-refractivity contribution in [3.63, 3.8) is 0 Å². The summed E-state index contributed by atoms with van der Waals surface area (Å²) in [5.41, 5.74) is 2.09. The minimum atomic E-state index is 0.351. The molecule has 5 heteroatoms. The lowest BCUT2D eigenvalue weighted by Gasteiger charge is -2.14. The van der Waals surface area contributed by atoms with Crippen LogP contribution < -0.4 is 15.4 Å². The summed E-state index contributed by atoms with van der Waals surface area (Å²) >= 11 is 0. The lowest BCUT2D eigenvalue weighted by molar-refractivity contribution is 0.301. The van der Waals surface area contributed by atoms with Crippen molar-refractivity contribution in [2.24, 2.45) is 4.99 Å². The van der Waals surface area contributed by atoms with Gasteiger partial charge in [-0.05, 0) is 43.7 Å². The van der Waals surface area contributed by atoms with Gasteiger partial charge in [0.25, 0.3) is 0 Å². The number of pyridine rings is 1. The van der Waals surface area contributed by atoms with Crippen molar-refractivity contribution in [3.05, 3.63) is 59.9 Å². The molecule has 1 aromatic heterocycles. The predicted molar refractivity (Wildman–Crippen MR) is 93.5 cm³/mol. The Kier molecular flexibility index (Phi) is 6.41. The molecule has 0 aliphatic rings. The first kappa shape index (κ1) is 16.8. The Labute approximate surface area is 137 Å². The van der Waals surface area contributed by atoms with E-state index in [0.717, 1.165) is 17.4 Å². The van der Waals surface area contributed by atoms with Gasteiger partial charge < -0.3 is 15.4 Å². The fourth-order valence-electron chi connectivity index (χ4n) is 2.00. The molecular weight excluding hydrogens is 288 g/mol. The van der Waals surface area contributed by atoms with Crippen LogP contribution in [0.2, 0.25) is 0 Å². The van der Waals surface area contributed by atoms with Crippen LogP contribution in [-0.2, 0) is 13.2 Å². The van der Waals surface area contributed by atoms with E-state index in [1.54, 1.807) is 13.2 Å². The van der Waals surface area contributed by atoms with E-state index in [-0.39, 0.29) is 0 Å². The van der Waals surface area contributed by atoms with Crippen LogP contribution in [0.5, 0.6) is 5.75 Å². The average molecular weight is 312 g/mol. The number of nitrogens with one attached hydrogen (secondary N) is 2. The van der Waals surface area contributed by atoms with Crippen LogP contribution in [0.4, 0.5) is 0 Å². The lowest BCUT2D eigenvalue weighted by atomic mass is 10.2. The zero-order valence-electron chi connectivity index (χ0n) is 13.9. The number of hydrogen-bond acceptors (Lipinski definition) is 3. The molecule has 0 spiro atoms. The van der Waals surface area contributed by atoms with Crippen LogP contribution in [0.3, 0.4) is 0 Å². The summed E-state index contributed by atoms with van der Waals surface area (Å²) in [4.78, 5) is 8.42. The van der Waals surface area contributed by atoms with Crippen molar-refractivity contribution in [3.8, 4) is 5.75 Å².